The summed E-state index contributed by atoms with van der Waals surface area (Å²) >= 11 is 0. The second-order valence-electron chi connectivity index (χ2n) is 2.89. The van der Waals surface area contributed by atoms with Gasteiger partial charge in [-0.25, -0.2) is 4.68 Å². The largest absolute Gasteiger partial charge is 0.330 e. The van der Waals surface area contributed by atoms with E-state index in [2.05, 4.69) is 15.3 Å². The molecule has 0 aliphatic rings. The molecule has 14 heavy (non-hydrogen) atoms. The molecule has 0 spiro atoms. The molecule has 2 aromatic heterocycles. The predicted octanol–water partition coefficient (Wildman–Crippen LogP) is 0.163. The van der Waals surface area contributed by atoms with Gasteiger partial charge in [-0.1, -0.05) is 5.21 Å². The summed E-state index contributed by atoms with van der Waals surface area (Å²) in [6.07, 6.45) is 5.96. The quantitative estimate of drug-likeness (QED) is 0.746. The van der Waals surface area contributed by atoms with Gasteiger partial charge in [0.1, 0.15) is 0 Å². The van der Waals surface area contributed by atoms with Gasteiger partial charge in [0.2, 0.25) is 0 Å². The van der Waals surface area contributed by atoms with Crippen LogP contribution < -0.4 is 5.73 Å². The van der Waals surface area contributed by atoms with Crippen LogP contribution in [0.5, 0.6) is 0 Å². The summed E-state index contributed by atoms with van der Waals surface area (Å²) in [5.74, 6) is 0. The molecule has 0 aromatic carbocycles. The zero-order chi connectivity index (χ0) is 9.80. The fourth-order valence-corrected chi connectivity index (χ4v) is 1.27. The number of pyridine rings is 1. The van der Waals surface area contributed by atoms with Crippen LogP contribution >= 0.6 is 0 Å². The van der Waals surface area contributed by atoms with Crippen molar-refractivity contribution in [2.45, 2.75) is 6.42 Å². The highest BCUT2D eigenvalue weighted by atomic mass is 15.4. The average molecular weight is 189 g/mol. The summed E-state index contributed by atoms with van der Waals surface area (Å²) in [5.41, 5.74) is 7.39. The topological polar surface area (TPSA) is 69.6 Å². The smallest absolute Gasteiger partial charge is 0.0849 e. The van der Waals surface area contributed by atoms with Crippen LogP contribution in [0, 0.1) is 0 Å². The first kappa shape index (κ1) is 8.83. The molecule has 72 valence electrons. The van der Waals surface area contributed by atoms with E-state index in [4.69, 9.17) is 5.73 Å². The molecule has 0 amide bonds. The van der Waals surface area contributed by atoms with Crippen molar-refractivity contribution in [1.29, 1.82) is 0 Å². The third kappa shape index (κ3) is 1.62. The molecule has 0 unspecified atom stereocenters. The van der Waals surface area contributed by atoms with Gasteiger partial charge in [-0.3, -0.25) is 4.98 Å². The van der Waals surface area contributed by atoms with Gasteiger partial charge in [0.05, 0.1) is 23.8 Å². The summed E-state index contributed by atoms with van der Waals surface area (Å²) in [5, 5.41) is 7.82. The van der Waals surface area contributed by atoms with Crippen LogP contribution in [-0.4, -0.2) is 26.5 Å². The summed E-state index contributed by atoms with van der Waals surface area (Å²) in [7, 11) is 0. The molecule has 0 fully saturated rings. The van der Waals surface area contributed by atoms with Crippen molar-refractivity contribution in [3.8, 4) is 5.69 Å². The summed E-state index contributed by atoms with van der Waals surface area (Å²) in [6, 6.07) is 3.80. The number of rotatable bonds is 3. The Hall–Kier alpha value is -1.75. The molecule has 0 radical (unpaired) electrons. The van der Waals surface area contributed by atoms with Gasteiger partial charge >= 0.3 is 0 Å². The zero-order valence-corrected chi connectivity index (χ0v) is 7.67. The number of hydrogen-bond acceptors (Lipinski definition) is 4. The molecule has 0 atom stereocenters. The minimum Gasteiger partial charge on any atom is -0.330 e. The lowest BCUT2D eigenvalue weighted by Crippen LogP contribution is -2.08. The van der Waals surface area contributed by atoms with Crippen LogP contribution in [0.4, 0.5) is 0 Å². The summed E-state index contributed by atoms with van der Waals surface area (Å²) in [6.45, 7) is 0.591. The van der Waals surface area contributed by atoms with Gasteiger partial charge in [-0.05, 0) is 18.7 Å². The second kappa shape index (κ2) is 3.97. The third-order valence-electron chi connectivity index (χ3n) is 1.91. The maximum Gasteiger partial charge on any atom is 0.0849 e. The lowest BCUT2D eigenvalue weighted by atomic mass is 10.3. The van der Waals surface area contributed by atoms with Gasteiger partial charge in [-0.2, -0.15) is 0 Å². The highest BCUT2D eigenvalue weighted by molar-refractivity contribution is 5.28. The van der Waals surface area contributed by atoms with Crippen molar-refractivity contribution in [3.05, 3.63) is 36.4 Å². The highest BCUT2D eigenvalue weighted by Gasteiger charge is 2.04. The normalized spacial score (nSPS) is 10.4. The fourth-order valence-electron chi connectivity index (χ4n) is 1.27. The molecular weight excluding hydrogens is 178 g/mol. The van der Waals surface area contributed by atoms with Crippen LogP contribution in [-0.2, 0) is 6.42 Å². The van der Waals surface area contributed by atoms with Crippen LogP contribution in [0.1, 0.15) is 5.69 Å². The Kier molecular flexibility index (Phi) is 2.51. The lowest BCUT2D eigenvalue weighted by Gasteiger charge is -2.03. The van der Waals surface area contributed by atoms with Crippen molar-refractivity contribution in [1.82, 2.24) is 20.0 Å². The molecule has 2 aromatic rings. The monoisotopic (exact) mass is 189 g/mol. The van der Waals surface area contributed by atoms with Crippen molar-refractivity contribution in [2.75, 3.05) is 6.54 Å². The molecule has 0 saturated carbocycles. The Morgan fingerprint density at radius 1 is 1.36 bits per heavy atom. The second-order valence-corrected chi connectivity index (χ2v) is 2.89. The average Bonchev–Trinajstić information content (AvgIpc) is 2.68. The Balaban J connectivity index is 2.37. The van der Waals surface area contributed by atoms with Crippen molar-refractivity contribution in [3.63, 3.8) is 0 Å². The molecule has 2 N–H and O–H groups in total. The molecule has 5 nitrogen and oxygen atoms in total. The molecule has 0 saturated heterocycles. The number of nitrogens with zero attached hydrogens (tertiary/aromatic N) is 4. The Bertz CT molecular complexity index is 395. The van der Waals surface area contributed by atoms with Crippen molar-refractivity contribution >= 4 is 0 Å². The van der Waals surface area contributed by atoms with Crippen LogP contribution in [0.2, 0.25) is 0 Å². The van der Waals surface area contributed by atoms with Crippen LogP contribution in [0.3, 0.4) is 0 Å². The first-order valence-corrected chi connectivity index (χ1v) is 4.42. The molecule has 5 heteroatoms. The Morgan fingerprint density at radius 3 is 3.00 bits per heavy atom. The third-order valence-corrected chi connectivity index (χ3v) is 1.91. The van der Waals surface area contributed by atoms with E-state index in [0.717, 1.165) is 17.8 Å². The Labute approximate surface area is 81.6 Å². The fraction of sp³-hybridized carbons (Fsp3) is 0.222. The lowest BCUT2D eigenvalue weighted by molar-refractivity contribution is 0.752. The number of hydrogen-bond donors (Lipinski definition) is 1. The SMILES string of the molecule is NCCc1cnnn1-c1cccnc1. The Morgan fingerprint density at radius 2 is 2.29 bits per heavy atom. The first-order chi connectivity index (χ1) is 6.92. The molecule has 0 aliphatic carbocycles. The molecule has 0 bridgehead atoms. The number of nitrogens with two attached hydrogens (primary N) is 1. The van der Waals surface area contributed by atoms with Crippen molar-refractivity contribution < 1.29 is 0 Å². The van der Waals surface area contributed by atoms with Crippen LogP contribution in [0.15, 0.2) is 30.7 Å². The molecule has 2 heterocycles. The maximum absolute atomic E-state index is 5.48. The van der Waals surface area contributed by atoms with E-state index in [9.17, 15) is 0 Å². The van der Waals surface area contributed by atoms with Gasteiger partial charge in [0, 0.05) is 12.6 Å². The zero-order valence-electron chi connectivity index (χ0n) is 7.67. The summed E-state index contributed by atoms with van der Waals surface area (Å²) in [4.78, 5) is 4.02. The van der Waals surface area contributed by atoms with Crippen LogP contribution in [0.25, 0.3) is 5.69 Å². The van der Waals surface area contributed by atoms with E-state index in [-0.39, 0.29) is 0 Å². The van der Waals surface area contributed by atoms with E-state index in [1.165, 1.54) is 0 Å². The predicted molar refractivity (Wildman–Crippen MR) is 51.9 cm³/mol. The first-order valence-electron chi connectivity index (χ1n) is 4.42. The van der Waals surface area contributed by atoms with Gasteiger partial charge in [0.25, 0.3) is 0 Å². The van der Waals surface area contributed by atoms with Gasteiger partial charge < -0.3 is 5.73 Å². The summed E-state index contributed by atoms with van der Waals surface area (Å²) < 4.78 is 1.75. The van der Waals surface area contributed by atoms with E-state index >= 15 is 0 Å². The number of aromatic nitrogens is 4. The van der Waals surface area contributed by atoms with E-state index in [1.54, 1.807) is 23.3 Å². The van der Waals surface area contributed by atoms with E-state index in [1.807, 2.05) is 12.1 Å². The highest BCUT2D eigenvalue weighted by Crippen LogP contribution is 2.06. The maximum atomic E-state index is 5.48. The minimum atomic E-state index is 0.591. The molecule has 2 rings (SSSR count). The van der Waals surface area contributed by atoms with E-state index < -0.39 is 0 Å². The standard InChI is InChI=1S/C9H11N5/c10-4-3-9-7-12-13-14(9)8-2-1-5-11-6-8/h1-2,5-7H,3-4,10H2. The van der Waals surface area contributed by atoms with Gasteiger partial charge in [-0.15, -0.1) is 5.10 Å². The minimum absolute atomic E-state index is 0.591. The molecule has 0 aliphatic heterocycles. The van der Waals surface area contributed by atoms with Gasteiger partial charge in [0.15, 0.2) is 0 Å². The molecular formula is C9H11N5. The van der Waals surface area contributed by atoms with E-state index in [0.29, 0.717) is 6.54 Å². The van der Waals surface area contributed by atoms with Crippen molar-refractivity contribution in [2.24, 2.45) is 5.73 Å².